The zero-order valence-corrected chi connectivity index (χ0v) is 11.7. The minimum atomic E-state index is -1.32. The molecule has 6 nitrogen and oxygen atoms in total. The monoisotopic (exact) mass is 290 g/mol. The molecule has 0 aromatic heterocycles. The van der Waals surface area contributed by atoms with E-state index in [0.29, 0.717) is 5.57 Å². The predicted octanol–water partition coefficient (Wildman–Crippen LogP) is 0.506. The van der Waals surface area contributed by atoms with Crippen molar-refractivity contribution in [2.45, 2.75) is 25.4 Å². The zero-order chi connectivity index (χ0) is 15.4. The lowest BCUT2D eigenvalue weighted by molar-refractivity contribution is -0.163. The summed E-state index contributed by atoms with van der Waals surface area (Å²) in [5, 5.41) is 0. The normalized spacial score (nSPS) is 33.6. The summed E-state index contributed by atoms with van der Waals surface area (Å²) < 4.78 is 9.98. The van der Waals surface area contributed by atoms with Crippen LogP contribution in [0.15, 0.2) is 23.3 Å². The molecular weight excluding hydrogens is 276 g/mol. The molecule has 0 aromatic rings. The molecule has 1 saturated heterocycles. The third kappa shape index (κ3) is 1.71. The first kappa shape index (κ1) is 13.7. The molecule has 3 atom stereocenters. The van der Waals surface area contributed by atoms with Gasteiger partial charge in [0.15, 0.2) is 17.2 Å². The van der Waals surface area contributed by atoms with Crippen molar-refractivity contribution in [2.24, 2.45) is 11.8 Å². The molecule has 110 valence electrons. The number of esters is 2. The molecule has 1 spiro atoms. The number of methoxy groups -OCH3 is 1. The van der Waals surface area contributed by atoms with Gasteiger partial charge in [0.05, 0.1) is 18.9 Å². The smallest absolute Gasteiger partial charge is 0.334 e. The maximum Gasteiger partial charge on any atom is 0.334 e. The fourth-order valence-electron chi connectivity index (χ4n) is 3.40. The molecule has 1 heterocycles. The molecule has 4 aliphatic rings. The summed E-state index contributed by atoms with van der Waals surface area (Å²) in [4.78, 5) is 47.7. The van der Waals surface area contributed by atoms with E-state index in [1.165, 1.54) is 20.1 Å². The number of carbonyl (C=O) groups is 4. The van der Waals surface area contributed by atoms with E-state index >= 15 is 0 Å². The Morgan fingerprint density at radius 1 is 1.29 bits per heavy atom. The highest BCUT2D eigenvalue weighted by Crippen LogP contribution is 2.50. The molecule has 6 heteroatoms. The highest BCUT2D eigenvalue weighted by atomic mass is 16.6. The number of carbonyl (C=O) groups excluding carboxylic acids is 4. The molecule has 21 heavy (non-hydrogen) atoms. The van der Waals surface area contributed by atoms with E-state index in [1.807, 2.05) is 0 Å². The van der Waals surface area contributed by atoms with Gasteiger partial charge in [0.1, 0.15) is 0 Å². The first-order chi connectivity index (χ1) is 9.90. The highest BCUT2D eigenvalue weighted by Gasteiger charge is 2.61. The number of rotatable bonds is 2. The van der Waals surface area contributed by atoms with E-state index in [4.69, 9.17) is 4.74 Å². The number of Topliss-reactive ketones (excluding diaryl/α,β-unsaturated/α-hetero) is 2. The molecular formula is C15H14O6. The van der Waals surface area contributed by atoms with Crippen LogP contribution in [-0.4, -0.2) is 36.2 Å². The molecule has 3 aliphatic carbocycles. The standard InChI is InChI=1S/C15H14O6/c1-7(16)8-5-9-10(14(19)20-2)6-11(8)15(13(9)18)4-3-12(17)21-15/h5-6,9,11H,3-4H2,1-2H3/t9-,11-,15-/m1/s1. The van der Waals surface area contributed by atoms with E-state index in [0.717, 1.165) is 0 Å². The Balaban J connectivity index is 2.13. The average Bonchev–Trinajstić information content (AvgIpc) is 2.85. The van der Waals surface area contributed by atoms with Gasteiger partial charge in [-0.25, -0.2) is 4.79 Å². The van der Waals surface area contributed by atoms with Crippen LogP contribution < -0.4 is 0 Å². The molecule has 0 amide bonds. The maximum absolute atomic E-state index is 12.7. The summed E-state index contributed by atoms with van der Waals surface area (Å²) in [6.45, 7) is 1.40. The summed E-state index contributed by atoms with van der Waals surface area (Å²) in [6.07, 6.45) is 3.43. The van der Waals surface area contributed by atoms with Crippen LogP contribution >= 0.6 is 0 Å². The van der Waals surface area contributed by atoms with Crippen LogP contribution in [0.25, 0.3) is 0 Å². The molecule has 0 unspecified atom stereocenters. The first-order valence-electron chi connectivity index (χ1n) is 6.69. The van der Waals surface area contributed by atoms with Gasteiger partial charge in [0.25, 0.3) is 0 Å². The lowest BCUT2D eigenvalue weighted by atomic mass is 9.61. The molecule has 1 aliphatic heterocycles. The average molecular weight is 290 g/mol. The van der Waals surface area contributed by atoms with Crippen LogP contribution in [0, 0.1) is 11.8 Å². The van der Waals surface area contributed by atoms with Gasteiger partial charge in [-0.1, -0.05) is 12.2 Å². The summed E-state index contributed by atoms with van der Waals surface area (Å²) in [5.74, 6) is -3.17. The van der Waals surface area contributed by atoms with E-state index in [2.05, 4.69) is 4.74 Å². The van der Waals surface area contributed by atoms with Crippen LogP contribution in [0.2, 0.25) is 0 Å². The van der Waals surface area contributed by atoms with Crippen molar-refractivity contribution in [3.63, 3.8) is 0 Å². The number of ketones is 2. The molecule has 2 bridgehead atoms. The first-order valence-corrected chi connectivity index (χ1v) is 6.69. The molecule has 4 rings (SSSR count). The number of hydrogen-bond acceptors (Lipinski definition) is 6. The predicted molar refractivity (Wildman–Crippen MR) is 68.9 cm³/mol. The van der Waals surface area contributed by atoms with Crippen molar-refractivity contribution in [3.8, 4) is 0 Å². The van der Waals surface area contributed by atoms with Crippen molar-refractivity contribution in [2.75, 3.05) is 7.11 Å². The number of hydrogen-bond donors (Lipinski definition) is 0. The Labute approximate surface area is 120 Å². The van der Waals surface area contributed by atoms with E-state index in [1.54, 1.807) is 6.08 Å². The van der Waals surface area contributed by atoms with Gasteiger partial charge in [-0.05, 0) is 6.92 Å². The van der Waals surface area contributed by atoms with Gasteiger partial charge >= 0.3 is 11.9 Å². The summed E-state index contributed by atoms with van der Waals surface area (Å²) in [7, 11) is 1.23. The fourth-order valence-corrected chi connectivity index (χ4v) is 3.40. The van der Waals surface area contributed by atoms with Crippen LogP contribution in [0.5, 0.6) is 0 Å². The van der Waals surface area contributed by atoms with Crippen molar-refractivity contribution in [1.82, 2.24) is 0 Å². The quantitative estimate of drug-likeness (QED) is 0.688. The van der Waals surface area contributed by atoms with Crippen LogP contribution in [-0.2, 0) is 28.7 Å². The van der Waals surface area contributed by atoms with Crippen molar-refractivity contribution in [1.29, 1.82) is 0 Å². The topological polar surface area (TPSA) is 86.7 Å². The fraction of sp³-hybridized carbons (Fsp3) is 0.467. The largest absolute Gasteiger partial charge is 0.466 e. The summed E-state index contributed by atoms with van der Waals surface area (Å²) in [5.41, 5.74) is -0.692. The van der Waals surface area contributed by atoms with E-state index in [-0.39, 0.29) is 30.0 Å². The maximum atomic E-state index is 12.7. The van der Waals surface area contributed by atoms with Gasteiger partial charge < -0.3 is 9.47 Å². The third-order valence-electron chi connectivity index (χ3n) is 4.39. The van der Waals surface area contributed by atoms with Crippen LogP contribution in [0.3, 0.4) is 0 Å². The Kier molecular flexibility index (Phi) is 2.86. The van der Waals surface area contributed by atoms with E-state index < -0.39 is 29.4 Å². The zero-order valence-electron chi connectivity index (χ0n) is 11.7. The Bertz CT molecular complexity index is 641. The minimum Gasteiger partial charge on any atom is -0.466 e. The van der Waals surface area contributed by atoms with Crippen molar-refractivity contribution in [3.05, 3.63) is 23.3 Å². The third-order valence-corrected chi connectivity index (χ3v) is 4.39. The Morgan fingerprint density at radius 3 is 2.52 bits per heavy atom. The van der Waals surface area contributed by atoms with Gasteiger partial charge in [0, 0.05) is 24.0 Å². The van der Waals surface area contributed by atoms with Crippen molar-refractivity contribution < 1.29 is 28.7 Å². The van der Waals surface area contributed by atoms with Crippen molar-refractivity contribution >= 4 is 23.5 Å². The van der Waals surface area contributed by atoms with Gasteiger partial charge in [-0.15, -0.1) is 0 Å². The number of allylic oxidation sites excluding steroid dienone is 1. The molecule has 1 fully saturated rings. The summed E-state index contributed by atoms with van der Waals surface area (Å²) in [6, 6.07) is 0. The minimum absolute atomic E-state index is 0.140. The van der Waals surface area contributed by atoms with Crippen LogP contribution in [0.4, 0.5) is 0 Å². The van der Waals surface area contributed by atoms with Crippen LogP contribution in [0.1, 0.15) is 19.8 Å². The lowest BCUT2D eigenvalue weighted by Gasteiger charge is -2.43. The molecule has 0 aromatic carbocycles. The Hall–Kier alpha value is -2.24. The SMILES string of the molecule is COC(=O)C1=C[C@@H]2C(C(C)=O)=C[C@H]1C(=O)[C@@]21CCC(=O)O1. The van der Waals surface area contributed by atoms with E-state index in [9.17, 15) is 19.2 Å². The second-order valence-electron chi connectivity index (χ2n) is 5.47. The molecule has 0 N–H and O–H groups in total. The highest BCUT2D eigenvalue weighted by molar-refractivity contribution is 6.10. The number of ether oxygens (including phenoxy) is 2. The van der Waals surface area contributed by atoms with Gasteiger partial charge in [-0.2, -0.15) is 0 Å². The molecule has 0 radical (unpaired) electrons. The summed E-state index contributed by atoms with van der Waals surface area (Å²) >= 11 is 0. The Morgan fingerprint density at radius 2 is 2.00 bits per heavy atom. The molecule has 0 saturated carbocycles. The van der Waals surface area contributed by atoms with Gasteiger partial charge in [0.2, 0.25) is 0 Å². The lowest BCUT2D eigenvalue weighted by Crippen LogP contribution is -2.56. The second-order valence-corrected chi connectivity index (χ2v) is 5.47. The second kappa shape index (κ2) is 4.38. The van der Waals surface area contributed by atoms with Gasteiger partial charge in [-0.3, -0.25) is 14.4 Å².